The zero-order valence-electron chi connectivity index (χ0n) is 18.3. The summed E-state index contributed by atoms with van der Waals surface area (Å²) in [6, 6.07) is 18.1. The Kier molecular flexibility index (Phi) is 7.19. The first-order valence-electron chi connectivity index (χ1n) is 11.0. The molecule has 1 atom stereocenters. The van der Waals surface area contributed by atoms with Crippen LogP contribution in [0.1, 0.15) is 30.1 Å². The van der Waals surface area contributed by atoms with Crippen LogP contribution in [0.3, 0.4) is 0 Å². The Morgan fingerprint density at radius 2 is 1.82 bits per heavy atom. The number of hydrogen-bond acceptors (Lipinski definition) is 6. The van der Waals surface area contributed by atoms with Crippen LogP contribution in [0.15, 0.2) is 60.7 Å². The predicted molar refractivity (Wildman–Crippen MR) is 128 cm³/mol. The summed E-state index contributed by atoms with van der Waals surface area (Å²) < 4.78 is 4.99. The van der Waals surface area contributed by atoms with E-state index in [2.05, 4.69) is 20.4 Å². The van der Waals surface area contributed by atoms with Crippen LogP contribution in [0.2, 0.25) is 5.02 Å². The lowest BCUT2D eigenvalue weighted by molar-refractivity contribution is -0.120. The van der Waals surface area contributed by atoms with E-state index in [1.807, 2.05) is 36.4 Å². The molecule has 0 bridgehead atoms. The van der Waals surface area contributed by atoms with E-state index in [1.165, 1.54) is 0 Å². The van der Waals surface area contributed by atoms with Gasteiger partial charge in [-0.3, -0.25) is 4.79 Å². The molecule has 1 aliphatic rings. The second-order valence-electron chi connectivity index (χ2n) is 7.86. The van der Waals surface area contributed by atoms with Gasteiger partial charge in [0.1, 0.15) is 0 Å². The number of hydrogen-bond donors (Lipinski definition) is 1. The summed E-state index contributed by atoms with van der Waals surface area (Å²) in [5.74, 6) is 0.168. The maximum atomic E-state index is 12.9. The molecule has 1 aromatic heterocycles. The number of esters is 1. The second kappa shape index (κ2) is 10.4. The summed E-state index contributed by atoms with van der Waals surface area (Å²) in [5.41, 5.74) is 2.83. The van der Waals surface area contributed by atoms with Gasteiger partial charge in [-0.1, -0.05) is 23.7 Å². The number of carbonyl (C=O) groups is 2. The highest BCUT2D eigenvalue weighted by molar-refractivity contribution is 6.30. The van der Waals surface area contributed by atoms with Gasteiger partial charge in [0.2, 0.25) is 5.91 Å². The molecular weight excluding hydrogens is 440 g/mol. The number of nitrogens with one attached hydrogen (secondary N) is 1. The molecule has 2 heterocycles. The molecule has 1 N–H and O–H groups in total. The predicted octanol–water partition coefficient (Wildman–Crippen LogP) is 4.83. The largest absolute Gasteiger partial charge is 0.462 e. The molecule has 2 aromatic carbocycles. The molecule has 33 heavy (non-hydrogen) atoms. The van der Waals surface area contributed by atoms with Crippen molar-refractivity contribution in [3.8, 4) is 11.3 Å². The number of amides is 1. The molecule has 4 rings (SSSR count). The molecule has 170 valence electrons. The highest BCUT2D eigenvalue weighted by atomic mass is 35.5. The average Bonchev–Trinajstić information content (AvgIpc) is 2.85. The number of benzene rings is 2. The number of halogens is 1. The molecule has 8 heteroatoms. The first-order chi connectivity index (χ1) is 16.0. The number of nitrogens with zero attached hydrogens (tertiary/aromatic N) is 3. The van der Waals surface area contributed by atoms with Crippen LogP contribution in [0.25, 0.3) is 11.3 Å². The molecule has 1 amide bonds. The van der Waals surface area contributed by atoms with Crippen molar-refractivity contribution in [2.45, 2.75) is 19.8 Å². The van der Waals surface area contributed by atoms with Crippen LogP contribution >= 0.6 is 11.6 Å². The molecule has 0 saturated carbocycles. The van der Waals surface area contributed by atoms with Gasteiger partial charge in [0.15, 0.2) is 5.82 Å². The van der Waals surface area contributed by atoms with Crippen molar-refractivity contribution in [3.05, 3.63) is 71.2 Å². The third-order valence-corrected chi connectivity index (χ3v) is 5.82. The standard InChI is InChI=1S/C25H25ClN4O3/c1-2-33-25(32)18-7-11-21(12-8-18)27-24(31)19-4-3-15-30(16-19)23-14-13-22(28-29-23)17-5-9-20(26)10-6-17/h5-14,19H,2-4,15-16H2,1H3,(H,27,31). The highest BCUT2D eigenvalue weighted by Crippen LogP contribution is 2.25. The van der Waals surface area contributed by atoms with E-state index in [0.717, 1.165) is 36.5 Å². The fourth-order valence-corrected chi connectivity index (χ4v) is 3.94. The topological polar surface area (TPSA) is 84.4 Å². The molecule has 0 radical (unpaired) electrons. The minimum absolute atomic E-state index is 0.0469. The van der Waals surface area contributed by atoms with Gasteiger partial charge >= 0.3 is 5.97 Å². The van der Waals surface area contributed by atoms with E-state index in [0.29, 0.717) is 29.4 Å². The van der Waals surface area contributed by atoms with Gasteiger partial charge < -0.3 is 15.0 Å². The number of rotatable bonds is 6. The summed E-state index contributed by atoms with van der Waals surface area (Å²) in [6.07, 6.45) is 1.69. The maximum Gasteiger partial charge on any atom is 0.338 e. The van der Waals surface area contributed by atoms with Gasteiger partial charge in [0.25, 0.3) is 0 Å². The number of piperidine rings is 1. The molecular formula is C25H25ClN4O3. The molecule has 1 saturated heterocycles. The fraction of sp³-hybridized carbons (Fsp3) is 0.280. The quantitative estimate of drug-likeness (QED) is 0.526. The molecule has 1 aliphatic heterocycles. The summed E-state index contributed by atoms with van der Waals surface area (Å²) >= 11 is 5.95. The van der Waals surface area contributed by atoms with Crippen molar-refractivity contribution in [2.24, 2.45) is 5.92 Å². The summed E-state index contributed by atoms with van der Waals surface area (Å²) in [5, 5.41) is 12.4. The van der Waals surface area contributed by atoms with Gasteiger partial charge in [-0.05, 0) is 68.3 Å². The van der Waals surface area contributed by atoms with Crippen LogP contribution in [-0.4, -0.2) is 41.8 Å². The minimum Gasteiger partial charge on any atom is -0.462 e. The van der Waals surface area contributed by atoms with E-state index in [1.54, 1.807) is 31.2 Å². The smallest absolute Gasteiger partial charge is 0.338 e. The molecule has 1 unspecified atom stereocenters. The molecule has 3 aromatic rings. The van der Waals surface area contributed by atoms with Gasteiger partial charge in [-0.25, -0.2) is 4.79 Å². The Hall–Kier alpha value is -3.45. The zero-order chi connectivity index (χ0) is 23.2. The van der Waals surface area contributed by atoms with Crippen molar-refractivity contribution in [1.29, 1.82) is 0 Å². The second-order valence-corrected chi connectivity index (χ2v) is 8.29. The third-order valence-electron chi connectivity index (χ3n) is 5.57. The lowest BCUT2D eigenvalue weighted by Crippen LogP contribution is -2.41. The normalized spacial score (nSPS) is 15.7. The molecule has 7 nitrogen and oxygen atoms in total. The van der Waals surface area contributed by atoms with Crippen molar-refractivity contribution >= 4 is 35.0 Å². The van der Waals surface area contributed by atoms with Crippen molar-refractivity contribution in [2.75, 3.05) is 29.9 Å². The number of anilines is 2. The van der Waals surface area contributed by atoms with E-state index >= 15 is 0 Å². The Balaban J connectivity index is 1.37. The van der Waals surface area contributed by atoms with Crippen LogP contribution < -0.4 is 10.2 Å². The fourth-order valence-electron chi connectivity index (χ4n) is 3.82. The summed E-state index contributed by atoms with van der Waals surface area (Å²) in [4.78, 5) is 26.7. The lowest BCUT2D eigenvalue weighted by atomic mass is 9.97. The molecule has 1 fully saturated rings. The highest BCUT2D eigenvalue weighted by Gasteiger charge is 2.27. The van der Waals surface area contributed by atoms with Gasteiger partial charge in [0, 0.05) is 29.4 Å². The van der Waals surface area contributed by atoms with E-state index in [-0.39, 0.29) is 17.8 Å². The van der Waals surface area contributed by atoms with Gasteiger partial charge in [0.05, 0.1) is 23.8 Å². The SMILES string of the molecule is CCOC(=O)c1ccc(NC(=O)C2CCCN(c3ccc(-c4ccc(Cl)cc4)nn3)C2)cc1. The monoisotopic (exact) mass is 464 g/mol. The number of ether oxygens (including phenoxy) is 1. The first kappa shape index (κ1) is 22.7. The van der Waals surface area contributed by atoms with Crippen LogP contribution in [0.5, 0.6) is 0 Å². The van der Waals surface area contributed by atoms with Crippen molar-refractivity contribution in [3.63, 3.8) is 0 Å². The lowest BCUT2D eigenvalue weighted by Gasteiger charge is -2.32. The Bertz CT molecular complexity index is 1100. The number of aromatic nitrogens is 2. The first-order valence-corrected chi connectivity index (χ1v) is 11.3. The average molecular weight is 465 g/mol. The minimum atomic E-state index is -0.374. The van der Waals surface area contributed by atoms with Crippen LogP contribution in [0.4, 0.5) is 11.5 Å². The van der Waals surface area contributed by atoms with E-state index < -0.39 is 0 Å². The van der Waals surface area contributed by atoms with E-state index in [9.17, 15) is 9.59 Å². The Morgan fingerprint density at radius 1 is 1.06 bits per heavy atom. The Labute approximate surface area is 197 Å². The van der Waals surface area contributed by atoms with E-state index in [4.69, 9.17) is 16.3 Å². The molecule has 0 aliphatic carbocycles. The van der Waals surface area contributed by atoms with Crippen molar-refractivity contribution < 1.29 is 14.3 Å². The molecule has 0 spiro atoms. The van der Waals surface area contributed by atoms with Gasteiger partial charge in [-0.15, -0.1) is 10.2 Å². The van der Waals surface area contributed by atoms with Gasteiger partial charge in [-0.2, -0.15) is 0 Å². The van der Waals surface area contributed by atoms with Crippen LogP contribution in [0, 0.1) is 5.92 Å². The maximum absolute atomic E-state index is 12.9. The third kappa shape index (κ3) is 5.68. The van der Waals surface area contributed by atoms with Crippen LogP contribution in [-0.2, 0) is 9.53 Å². The zero-order valence-corrected chi connectivity index (χ0v) is 19.1. The summed E-state index contributed by atoms with van der Waals surface area (Å²) in [7, 11) is 0. The van der Waals surface area contributed by atoms with Crippen molar-refractivity contribution in [1.82, 2.24) is 10.2 Å². The Morgan fingerprint density at radius 3 is 2.48 bits per heavy atom. The summed E-state index contributed by atoms with van der Waals surface area (Å²) in [6.45, 7) is 3.48. The number of carbonyl (C=O) groups excluding carboxylic acids is 2.